The van der Waals surface area contributed by atoms with Crippen molar-refractivity contribution in [1.82, 2.24) is 10.6 Å². The Morgan fingerprint density at radius 3 is 2.68 bits per heavy atom. The first-order valence-corrected chi connectivity index (χ1v) is 6.65. The van der Waals surface area contributed by atoms with Gasteiger partial charge in [-0.2, -0.15) is 0 Å². The first-order chi connectivity index (χ1) is 8.87. The van der Waals surface area contributed by atoms with Crippen molar-refractivity contribution in [2.24, 2.45) is 0 Å². The molecule has 1 aliphatic carbocycles. The molecule has 0 aromatic heterocycles. The minimum Gasteiger partial charge on any atom is -0.444 e. The molecule has 1 rings (SSSR count). The summed E-state index contributed by atoms with van der Waals surface area (Å²) in [5.41, 5.74) is -0.491. The van der Waals surface area contributed by atoms with E-state index >= 15 is 0 Å². The van der Waals surface area contributed by atoms with Gasteiger partial charge in [0.05, 0.1) is 24.7 Å². The second-order valence-electron chi connectivity index (χ2n) is 5.59. The monoisotopic (exact) mass is 268 g/mol. The number of hydrogen-bond acceptors (Lipinski definition) is 4. The molecule has 1 fully saturated rings. The van der Waals surface area contributed by atoms with Crippen LogP contribution in [0, 0.1) is 12.3 Å². The Labute approximate surface area is 115 Å². The Morgan fingerprint density at radius 1 is 1.47 bits per heavy atom. The molecule has 0 spiro atoms. The fourth-order valence-electron chi connectivity index (χ4n) is 2.05. The maximum absolute atomic E-state index is 11.7. The summed E-state index contributed by atoms with van der Waals surface area (Å²) < 4.78 is 10.8. The standard InChI is InChI=1S/C14H24N2O3/c1-6-8-15-12-10(9-11(12)18-7-2)16-13(17)19-14(3,4)5/h1,10-12,15H,7-9H2,2-5H3,(H,16,17). The lowest BCUT2D eigenvalue weighted by atomic mass is 9.82. The molecule has 3 atom stereocenters. The second-order valence-corrected chi connectivity index (χ2v) is 5.59. The van der Waals surface area contributed by atoms with Gasteiger partial charge >= 0.3 is 6.09 Å². The number of hydrogen-bond donors (Lipinski definition) is 2. The maximum Gasteiger partial charge on any atom is 0.407 e. The van der Waals surface area contributed by atoms with Crippen molar-refractivity contribution < 1.29 is 14.3 Å². The van der Waals surface area contributed by atoms with Crippen LogP contribution < -0.4 is 10.6 Å². The van der Waals surface area contributed by atoms with E-state index < -0.39 is 11.7 Å². The highest BCUT2D eigenvalue weighted by Gasteiger charge is 2.42. The molecule has 1 saturated carbocycles. The van der Waals surface area contributed by atoms with Gasteiger partial charge in [0.15, 0.2) is 0 Å². The van der Waals surface area contributed by atoms with Crippen molar-refractivity contribution in [1.29, 1.82) is 0 Å². The zero-order valence-corrected chi connectivity index (χ0v) is 12.2. The quantitative estimate of drug-likeness (QED) is 0.737. The van der Waals surface area contributed by atoms with Crippen molar-refractivity contribution in [3.8, 4) is 12.3 Å². The van der Waals surface area contributed by atoms with E-state index in [1.807, 2.05) is 27.7 Å². The summed E-state index contributed by atoms with van der Waals surface area (Å²) in [5.74, 6) is 2.53. The van der Waals surface area contributed by atoms with Crippen LogP contribution in [0.25, 0.3) is 0 Å². The van der Waals surface area contributed by atoms with Gasteiger partial charge in [0.2, 0.25) is 0 Å². The van der Waals surface area contributed by atoms with Crippen LogP contribution in [0.15, 0.2) is 0 Å². The van der Waals surface area contributed by atoms with E-state index in [1.54, 1.807) is 0 Å². The van der Waals surface area contributed by atoms with Gasteiger partial charge in [0.25, 0.3) is 0 Å². The minimum absolute atomic E-state index is 0.000231. The molecule has 3 unspecified atom stereocenters. The lowest BCUT2D eigenvalue weighted by molar-refractivity contribution is -0.0420. The second kappa shape index (κ2) is 6.78. The Balaban J connectivity index is 2.44. The Hall–Kier alpha value is -1.25. The summed E-state index contributed by atoms with van der Waals surface area (Å²) in [4.78, 5) is 11.7. The third kappa shape index (κ3) is 5.09. The topological polar surface area (TPSA) is 59.6 Å². The van der Waals surface area contributed by atoms with Gasteiger partial charge in [-0.3, -0.25) is 5.32 Å². The van der Waals surface area contributed by atoms with Crippen LogP contribution >= 0.6 is 0 Å². The molecular formula is C14H24N2O3. The number of amides is 1. The number of nitrogens with one attached hydrogen (secondary N) is 2. The van der Waals surface area contributed by atoms with Crippen molar-refractivity contribution in [2.45, 2.75) is 57.9 Å². The normalized spacial score (nSPS) is 26.2. The SMILES string of the molecule is C#CCNC1C(NC(=O)OC(C)(C)C)CC1OCC. The lowest BCUT2D eigenvalue weighted by Gasteiger charge is -2.44. The number of rotatable bonds is 5. The van der Waals surface area contributed by atoms with Crippen LogP contribution in [0.1, 0.15) is 34.1 Å². The third-order valence-electron chi connectivity index (χ3n) is 2.84. The first kappa shape index (κ1) is 15.8. The average molecular weight is 268 g/mol. The van der Waals surface area contributed by atoms with Crippen molar-refractivity contribution in [2.75, 3.05) is 13.2 Å². The van der Waals surface area contributed by atoms with Crippen LogP contribution in [-0.2, 0) is 9.47 Å². The number of carbonyl (C=O) groups is 1. The van der Waals surface area contributed by atoms with Gasteiger partial charge in [-0.1, -0.05) is 5.92 Å². The van der Waals surface area contributed by atoms with Crippen LogP contribution in [0.5, 0.6) is 0 Å². The molecule has 0 aromatic carbocycles. The van der Waals surface area contributed by atoms with Gasteiger partial charge < -0.3 is 14.8 Å². The predicted molar refractivity (Wildman–Crippen MR) is 73.8 cm³/mol. The largest absolute Gasteiger partial charge is 0.444 e. The van der Waals surface area contributed by atoms with Crippen LogP contribution in [0.2, 0.25) is 0 Å². The highest BCUT2D eigenvalue weighted by atomic mass is 16.6. The molecular weight excluding hydrogens is 244 g/mol. The highest BCUT2D eigenvalue weighted by Crippen LogP contribution is 2.24. The number of ether oxygens (including phenoxy) is 2. The molecule has 19 heavy (non-hydrogen) atoms. The van der Waals surface area contributed by atoms with E-state index in [1.165, 1.54) is 0 Å². The van der Waals surface area contributed by atoms with E-state index in [4.69, 9.17) is 15.9 Å². The Bertz CT molecular complexity index is 344. The predicted octanol–water partition coefficient (Wildman–Crippen LogP) is 1.28. The third-order valence-corrected chi connectivity index (χ3v) is 2.84. The Kier molecular flexibility index (Phi) is 5.64. The number of carbonyl (C=O) groups excluding carboxylic acids is 1. The summed E-state index contributed by atoms with van der Waals surface area (Å²) in [6.45, 7) is 8.57. The zero-order chi connectivity index (χ0) is 14.5. The summed E-state index contributed by atoms with van der Waals surface area (Å²) in [6.07, 6.45) is 5.71. The minimum atomic E-state index is -0.491. The zero-order valence-electron chi connectivity index (χ0n) is 12.2. The molecule has 0 heterocycles. The van der Waals surface area contributed by atoms with Gasteiger partial charge in [0, 0.05) is 6.61 Å². The van der Waals surface area contributed by atoms with Gasteiger partial charge in [-0.25, -0.2) is 4.79 Å². The van der Waals surface area contributed by atoms with Crippen LogP contribution in [-0.4, -0.2) is 43.0 Å². The molecule has 2 N–H and O–H groups in total. The fourth-order valence-corrected chi connectivity index (χ4v) is 2.05. The molecule has 1 aliphatic rings. The summed E-state index contributed by atoms with van der Waals surface area (Å²) in [6, 6.07) is 0.0447. The fraction of sp³-hybridized carbons (Fsp3) is 0.786. The van der Waals surface area contributed by atoms with Crippen molar-refractivity contribution >= 4 is 6.09 Å². The first-order valence-electron chi connectivity index (χ1n) is 6.65. The van der Waals surface area contributed by atoms with Crippen molar-refractivity contribution in [3.63, 3.8) is 0 Å². The molecule has 0 bridgehead atoms. The molecule has 0 aromatic rings. The molecule has 0 saturated heterocycles. The van der Waals surface area contributed by atoms with Crippen molar-refractivity contribution in [3.05, 3.63) is 0 Å². The molecule has 5 heteroatoms. The van der Waals surface area contributed by atoms with Crippen LogP contribution in [0.3, 0.4) is 0 Å². The van der Waals surface area contributed by atoms with E-state index in [0.29, 0.717) is 13.2 Å². The molecule has 5 nitrogen and oxygen atoms in total. The van der Waals surface area contributed by atoms with Crippen LogP contribution in [0.4, 0.5) is 4.79 Å². The molecule has 0 aliphatic heterocycles. The molecule has 1 amide bonds. The van der Waals surface area contributed by atoms with E-state index in [9.17, 15) is 4.79 Å². The lowest BCUT2D eigenvalue weighted by Crippen LogP contribution is -2.66. The smallest absolute Gasteiger partial charge is 0.407 e. The Morgan fingerprint density at radius 2 is 2.16 bits per heavy atom. The van der Waals surface area contributed by atoms with Gasteiger partial charge in [0.1, 0.15) is 5.60 Å². The number of terminal acetylenes is 1. The molecule has 0 radical (unpaired) electrons. The number of alkyl carbamates (subject to hydrolysis) is 1. The summed E-state index contributed by atoms with van der Waals surface area (Å²) >= 11 is 0. The van der Waals surface area contributed by atoms with Gasteiger partial charge in [-0.15, -0.1) is 6.42 Å². The maximum atomic E-state index is 11.7. The van der Waals surface area contributed by atoms with Gasteiger partial charge in [-0.05, 0) is 34.1 Å². The summed E-state index contributed by atoms with van der Waals surface area (Å²) in [7, 11) is 0. The van der Waals surface area contributed by atoms with E-state index in [-0.39, 0.29) is 18.2 Å². The molecule has 108 valence electrons. The highest BCUT2D eigenvalue weighted by molar-refractivity contribution is 5.68. The summed E-state index contributed by atoms with van der Waals surface area (Å²) in [5, 5.41) is 6.04. The average Bonchev–Trinajstić information content (AvgIpc) is 2.25. The van der Waals surface area contributed by atoms with E-state index in [0.717, 1.165) is 6.42 Å². The van der Waals surface area contributed by atoms with E-state index in [2.05, 4.69) is 16.6 Å².